The molecular weight excluding hydrogens is 346 g/mol. The third kappa shape index (κ3) is 3.86. The van der Waals surface area contributed by atoms with Crippen LogP contribution in [0.4, 0.5) is 0 Å². The molecule has 1 atom stereocenters. The van der Waals surface area contributed by atoms with Crippen LogP contribution in [0.25, 0.3) is 11.5 Å². The van der Waals surface area contributed by atoms with Crippen LogP contribution in [0.5, 0.6) is 0 Å². The van der Waals surface area contributed by atoms with E-state index in [2.05, 4.69) is 25.2 Å². The van der Waals surface area contributed by atoms with Crippen molar-refractivity contribution in [2.24, 2.45) is 0 Å². The molecule has 27 heavy (non-hydrogen) atoms. The van der Waals surface area contributed by atoms with Crippen LogP contribution in [0.1, 0.15) is 44.0 Å². The molecule has 4 rings (SSSR count). The van der Waals surface area contributed by atoms with Crippen LogP contribution in [-0.2, 0) is 4.79 Å². The Bertz CT molecular complexity index is 870. The second-order valence-corrected chi connectivity index (χ2v) is 6.78. The number of pyridine rings is 1. The first kappa shape index (κ1) is 17.3. The summed E-state index contributed by atoms with van der Waals surface area (Å²) in [6.07, 6.45) is 8.60. The topological polar surface area (TPSA) is 103 Å². The maximum Gasteiger partial charge on any atom is 0.258 e. The number of hydrogen-bond acceptors (Lipinski definition) is 7. The Morgan fingerprint density at radius 2 is 2.04 bits per heavy atom. The molecule has 3 aromatic heterocycles. The molecular formula is C18H21N7O2. The Balaban J connectivity index is 1.32. The van der Waals surface area contributed by atoms with E-state index in [4.69, 9.17) is 4.52 Å². The van der Waals surface area contributed by atoms with E-state index in [1.54, 1.807) is 23.4 Å². The Morgan fingerprint density at radius 3 is 2.74 bits per heavy atom. The van der Waals surface area contributed by atoms with Gasteiger partial charge in [-0.1, -0.05) is 5.16 Å². The van der Waals surface area contributed by atoms with Crippen molar-refractivity contribution in [3.8, 4) is 11.5 Å². The summed E-state index contributed by atoms with van der Waals surface area (Å²) in [5, 5.41) is 8.24. The van der Waals surface area contributed by atoms with E-state index in [0.29, 0.717) is 31.2 Å². The molecule has 140 valence electrons. The number of carbonyl (C=O) groups is 1. The minimum atomic E-state index is -0.00199. The predicted molar refractivity (Wildman–Crippen MR) is 95.4 cm³/mol. The molecule has 1 saturated heterocycles. The molecule has 1 aliphatic heterocycles. The second-order valence-electron chi connectivity index (χ2n) is 6.78. The lowest BCUT2D eigenvalue weighted by Crippen LogP contribution is -2.38. The van der Waals surface area contributed by atoms with Gasteiger partial charge in [-0.3, -0.25) is 9.78 Å². The maximum atomic E-state index is 12.5. The van der Waals surface area contributed by atoms with Gasteiger partial charge in [-0.15, -0.1) is 0 Å². The van der Waals surface area contributed by atoms with Gasteiger partial charge in [0.15, 0.2) is 5.82 Å². The number of amides is 1. The smallest absolute Gasteiger partial charge is 0.258 e. The van der Waals surface area contributed by atoms with Crippen LogP contribution in [0.15, 0.2) is 41.7 Å². The van der Waals surface area contributed by atoms with Gasteiger partial charge in [-0.25, -0.2) is 9.67 Å². The fraction of sp³-hybridized carbons (Fsp3) is 0.444. The molecule has 0 saturated carbocycles. The number of piperidine rings is 1. The highest BCUT2D eigenvalue weighted by atomic mass is 16.5. The Morgan fingerprint density at radius 1 is 1.26 bits per heavy atom. The second kappa shape index (κ2) is 7.65. The predicted octanol–water partition coefficient (Wildman–Crippen LogP) is 2.08. The van der Waals surface area contributed by atoms with Crippen molar-refractivity contribution in [2.75, 3.05) is 13.1 Å². The zero-order chi connectivity index (χ0) is 18.6. The maximum absolute atomic E-state index is 12.5. The van der Waals surface area contributed by atoms with Crippen LogP contribution in [0.3, 0.4) is 0 Å². The van der Waals surface area contributed by atoms with Gasteiger partial charge in [0.25, 0.3) is 5.89 Å². The van der Waals surface area contributed by atoms with E-state index in [-0.39, 0.29) is 17.9 Å². The van der Waals surface area contributed by atoms with Gasteiger partial charge in [-0.2, -0.15) is 10.1 Å². The summed E-state index contributed by atoms with van der Waals surface area (Å²) in [6.45, 7) is 3.37. The first-order valence-electron chi connectivity index (χ1n) is 9.06. The molecule has 4 heterocycles. The van der Waals surface area contributed by atoms with Crippen LogP contribution in [-0.4, -0.2) is 53.8 Å². The normalized spacial score (nSPS) is 16.4. The van der Waals surface area contributed by atoms with Gasteiger partial charge in [0.1, 0.15) is 12.7 Å². The van der Waals surface area contributed by atoms with E-state index in [1.807, 2.05) is 24.0 Å². The largest absolute Gasteiger partial charge is 0.343 e. The minimum absolute atomic E-state index is 0.00199. The average Bonchev–Trinajstić information content (AvgIpc) is 3.41. The minimum Gasteiger partial charge on any atom is -0.343 e. The summed E-state index contributed by atoms with van der Waals surface area (Å²) in [7, 11) is 0. The van der Waals surface area contributed by atoms with Gasteiger partial charge in [0.2, 0.25) is 5.91 Å². The zero-order valence-corrected chi connectivity index (χ0v) is 15.1. The highest BCUT2D eigenvalue weighted by Gasteiger charge is 2.28. The molecule has 0 spiro atoms. The summed E-state index contributed by atoms with van der Waals surface area (Å²) < 4.78 is 7.10. The van der Waals surface area contributed by atoms with Crippen molar-refractivity contribution in [3.63, 3.8) is 0 Å². The number of hydrogen-bond donors (Lipinski definition) is 0. The molecule has 1 fully saturated rings. The average molecular weight is 367 g/mol. The molecule has 0 aromatic carbocycles. The molecule has 9 heteroatoms. The van der Waals surface area contributed by atoms with Gasteiger partial charge in [-0.05, 0) is 31.9 Å². The zero-order valence-electron chi connectivity index (χ0n) is 15.1. The fourth-order valence-electron chi connectivity index (χ4n) is 3.32. The van der Waals surface area contributed by atoms with Gasteiger partial charge in [0, 0.05) is 43.4 Å². The Labute approximate surface area is 156 Å². The third-order valence-corrected chi connectivity index (χ3v) is 4.94. The SMILES string of the molecule is CC(CC(=O)N1CCC(c2noc(-c3ccncc3)n2)CC1)n1cncn1. The third-order valence-electron chi connectivity index (χ3n) is 4.94. The quantitative estimate of drug-likeness (QED) is 0.680. The standard InChI is InChI=1S/C18H21N7O2/c1-13(25-12-20-11-21-25)10-16(26)24-8-4-14(5-9-24)17-22-18(27-23-17)15-2-6-19-7-3-15/h2-3,6-7,11-14H,4-5,8-10H2,1H3. The van der Waals surface area contributed by atoms with Crippen LogP contribution in [0, 0.1) is 0 Å². The molecule has 9 nitrogen and oxygen atoms in total. The number of nitrogens with zero attached hydrogens (tertiary/aromatic N) is 7. The van der Waals surface area contributed by atoms with E-state index >= 15 is 0 Å². The number of likely N-dealkylation sites (tertiary alicyclic amines) is 1. The highest BCUT2D eigenvalue weighted by molar-refractivity contribution is 5.76. The summed E-state index contributed by atoms with van der Waals surface area (Å²) >= 11 is 0. The lowest BCUT2D eigenvalue weighted by atomic mass is 9.95. The number of carbonyl (C=O) groups excluding carboxylic acids is 1. The molecule has 0 bridgehead atoms. The van der Waals surface area contributed by atoms with Gasteiger partial charge < -0.3 is 9.42 Å². The lowest BCUT2D eigenvalue weighted by Gasteiger charge is -2.31. The van der Waals surface area contributed by atoms with Crippen LogP contribution >= 0.6 is 0 Å². The van der Waals surface area contributed by atoms with E-state index in [0.717, 1.165) is 18.4 Å². The molecule has 0 N–H and O–H groups in total. The van der Waals surface area contributed by atoms with Crippen molar-refractivity contribution < 1.29 is 9.32 Å². The lowest BCUT2D eigenvalue weighted by molar-refractivity contribution is -0.133. The van der Waals surface area contributed by atoms with Crippen molar-refractivity contribution >= 4 is 5.91 Å². The van der Waals surface area contributed by atoms with Crippen molar-refractivity contribution in [1.82, 2.24) is 34.8 Å². The molecule has 0 aliphatic carbocycles. The van der Waals surface area contributed by atoms with E-state index in [9.17, 15) is 4.79 Å². The molecule has 1 amide bonds. The molecule has 3 aromatic rings. The monoisotopic (exact) mass is 367 g/mol. The number of aromatic nitrogens is 6. The Kier molecular flexibility index (Phi) is 4.91. The van der Waals surface area contributed by atoms with Crippen LogP contribution in [0.2, 0.25) is 0 Å². The molecule has 0 radical (unpaired) electrons. The van der Waals surface area contributed by atoms with Crippen molar-refractivity contribution in [3.05, 3.63) is 43.0 Å². The van der Waals surface area contributed by atoms with E-state index in [1.165, 1.54) is 6.33 Å². The summed E-state index contributed by atoms with van der Waals surface area (Å²) in [5.41, 5.74) is 0.860. The summed E-state index contributed by atoms with van der Waals surface area (Å²) in [6, 6.07) is 3.68. The Hall–Kier alpha value is -3.10. The summed E-state index contributed by atoms with van der Waals surface area (Å²) in [4.78, 5) is 26.9. The van der Waals surface area contributed by atoms with E-state index < -0.39 is 0 Å². The van der Waals surface area contributed by atoms with Crippen LogP contribution < -0.4 is 0 Å². The fourth-order valence-corrected chi connectivity index (χ4v) is 3.32. The van der Waals surface area contributed by atoms with Crippen molar-refractivity contribution in [2.45, 2.75) is 38.1 Å². The van der Waals surface area contributed by atoms with Gasteiger partial charge >= 0.3 is 0 Å². The van der Waals surface area contributed by atoms with Gasteiger partial charge in [0.05, 0.1) is 6.04 Å². The highest BCUT2D eigenvalue weighted by Crippen LogP contribution is 2.28. The van der Waals surface area contributed by atoms with Crippen molar-refractivity contribution in [1.29, 1.82) is 0 Å². The summed E-state index contributed by atoms with van der Waals surface area (Å²) in [5.74, 6) is 1.57. The number of rotatable bonds is 5. The first-order chi connectivity index (χ1) is 13.2. The molecule has 1 aliphatic rings. The molecule has 1 unspecified atom stereocenters. The first-order valence-corrected chi connectivity index (χ1v) is 9.06.